The van der Waals surface area contributed by atoms with Crippen LogP contribution in [0.15, 0.2) is 24.3 Å². The monoisotopic (exact) mass is 475 g/mol. The zero-order valence-electron chi connectivity index (χ0n) is 19.9. The smallest absolute Gasteiger partial charge is 0.349 e. The first kappa shape index (κ1) is 25.9. The molecule has 0 aliphatic rings. The number of hydrogen-bond donors (Lipinski definition) is 1. The minimum absolute atomic E-state index is 0.135. The minimum Gasteiger partial charge on any atom is -0.493 e. The van der Waals surface area contributed by atoms with Crippen molar-refractivity contribution < 1.29 is 33.3 Å². The lowest BCUT2D eigenvalue weighted by Crippen LogP contribution is -2.23. The average molecular weight is 476 g/mol. The van der Waals surface area contributed by atoms with E-state index in [2.05, 4.69) is 5.32 Å². The molecule has 1 N–H and O–H groups in total. The zero-order valence-corrected chi connectivity index (χ0v) is 20.7. The van der Waals surface area contributed by atoms with Crippen LogP contribution in [0.25, 0.3) is 6.08 Å². The average Bonchev–Trinajstić information content (AvgIpc) is 3.06. The van der Waals surface area contributed by atoms with Gasteiger partial charge in [0.25, 0.3) is 0 Å². The Labute approximate surface area is 197 Å². The van der Waals surface area contributed by atoms with Crippen molar-refractivity contribution >= 4 is 40.3 Å². The summed E-state index contributed by atoms with van der Waals surface area (Å²) >= 11 is 0.972. The molecule has 9 heteroatoms. The molecule has 1 aromatic carbocycles. The number of thiophene rings is 1. The van der Waals surface area contributed by atoms with Gasteiger partial charge in [-0.2, -0.15) is 0 Å². The number of esters is 2. The highest BCUT2D eigenvalue weighted by molar-refractivity contribution is 7.18. The molecule has 1 amide bonds. The van der Waals surface area contributed by atoms with Gasteiger partial charge >= 0.3 is 11.9 Å². The van der Waals surface area contributed by atoms with Crippen LogP contribution in [0.5, 0.6) is 11.5 Å². The normalized spacial score (nSPS) is 11.2. The molecule has 2 rings (SSSR count). The number of benzene rings is 1. The Balaban J connectivity index is 2.32. The summed E-state index contributed by atoms with van der Waals surface area (Å²) in [7, 11) is 3.06. The summed E-state index contributed by atoms with van der Waals surface area (Å²) in [5.74, 6) is -0.577. The number of hydrogen-bond acceptors (Lipinski definition) is 8. The molecule has 0 fully saturated rings. The Morgan fingerprint density at radius 3 is 2.30 bits per heavy atom. The maximum atomic E-state index is 12.6. The molecule has 0 aliphatic heterocycles. The molecular weight excluding hydrogens is 446 g/mol. The van der Waals surface area contributed by atoms with Gasteiger partial charge in [0.2, 0.25) is 5.91 Å². The van der Waals surface area contributed by atoms with Gasteiger partial charge in [-0.1, -0.05) is 6.07 Å². The van der Waals surface area contributed by atoms with Gasteiger partial charge in [-0.05, 0) is 64.0 Å². The molecule has 1 heterocycles. The third-order valence-electron chi connectivity index (χ3n) is 4.28. The number of methoxy groups -OCH3 is 2. The highest BCUT2D eigenvalue weighted by Gasteiger charge is 2.29. The fraction of sp³-hybridized carbons (Fsp3) is 0.375. The van der Waals surface area contributed by atoms with Crippen molar-refractivity contribution in [2.24, 2.45) is 0 Å². The van der Waals surface area contributed by atoms with E-state index in [1.807, 2.05) is 0 Å². The second-order valence-corrected chi connectivity index (χ2v) is 8.94. The van der Waals surface area contributed by atoms with Crippen LogP contribution in [-0.2, 0) is 14.3 Å². The largest absolute Gasteiger partial charge is 0.493 e. The first-order valence-corrected chi connectivity index (χ1v) is 11.1. The Morgan fingerprint density at radius 2 is 1.73 bits per heavy atom. The van der Waals surface area contributed by atoms with Crippen molar-refractivity contribution in [3.8, 4) is 11.5 Å². The number of amides is 1. The lowest BCUT2D eigenvalue weighted by molar-refractivity contribution is -0.111. The van der Waals surface area contributed by atoms with Gasteiger partial charge in [0, 0.05) is 6.08 Å². The predicted molar refractivity (Wildman–Crippen MR) is 127 cm³/mol. The predicted octanol–water partition coefficient (Wildman–Crippen LogP) is 4.86. The van der Waals surface area contributed by atoms with Crippen molar-refractivity contribution in [3.05, 3.63) is 45.8 Å². The van der Waals surface area contributed by atoms with Gasteiger partial charge in [0.05, 0.1) is 26.4 Å². The van der Waals surface area contributed by atoms with Gasteiger partial charge in [-0.3, -0.25) is 4.79 Å². The van der Waals surface area contributed by atoms with E-state index in [1.165, 1.54) is 20.3 Å². The van der Waals surface area contributed by atoms with Crippen molar-refractivity contribution in [2.45, 2.75) is 40.2 Å². The summed E-state index contributed by atoms with van der Waals surface area (Å²) in [6.07, 6.45) is 2.91. The van der Waals surface area contributed by atoms with Crippen LogP contribution >= 0.6 is 11.3 Å². The Morgan fingerprint density at radius 1 is 1.06 bits per heavy atom. The highest BCUT2D eigenvalue weighted by atomic mass is 32.1. The number of nitrogens with one attached hydrogen (secondary N) is 1. The van der Waals surface area contributed by atoms with E-state index in [0.717, 1.165) is 11.3 Å². The molecule has 0 unspecified atom stereocenters. The zero-order chi connectivity index (χ0) is 24.8. The summed E-state index contributed by atoms with van der Waals surface area (Å²) in [6.45, 7) is 8.71. The van der Waals surface area contributed by atoms with Crippen molar-refractivity contribution in [3.63, 3.8) is 0 Å². The topological polar surface area (TPSA) is 100 Å². The molecule has 1 aromatic heterocycles. The first-order chi connectivity index (χ1) is 15.5. The number of rotatable bonds is 8. The van der Waals surface area contributed by atoms with E-state index in [-0.39, 0.29) is 22.0 Å². The van der Waals surface area contributed by atoms with Gasteiger partial charge in [0.15, 0.2) is 11.5 Å². The SMILES string of the molecule is CCOC(=O)c1c(NC(=O)C=Cc2ccc(OC)c(OC)c2)sc(C(=O)OC(C)(C)C)c1C. The number of ether oxygens (including phenoxy) is 4. The van der Waals surface area contributed by atoms with Crippen LogP contribution in [0.3, 0.4) is 0 Å². The molecule has 0 saturated heterocycles. The molecule has 0 bridgehead atoms. The molecule has 0 saturated carbocycles. The Kier molecular flexibility index (Phi) is 8.64. The van der Waals surface area contributed by atoms with Gasteiger partial charge in [-0.25, -0.2) is 9.59 Å². The summed E-state index contributed by atoms with van der Waals surface area (Å²) in [6, 6.07) is 5.22. The number of anilines is 1. The lowest BCUT2D eigenvalue weighted by Gasteiger charge is -2.19. The molecule has 2 aromatic rings. The van der Waals surface area contributed by atoms with Crippen molar-refractivity contribution in [1.82, 2.24) is 0 Å². The Hall–Kier alpha value is -3.33. The van der Waals surface area contributed by atoms with Gasteiger partial charge in [-0.15, -0.1) is 11.3 Å². The van der Waals surface area contributed by atoms with E-state index in [1.54, 1.807) is 58.9 Å². The summed E-state index contributed by atoms with van der Waals surface area (Å²) in [5, 5.41) is 2.89. The molecular formula is C24H29NO7S. The van der Waals surface area contributed by atoms with E-state index < -0.39 is 23.4 Å². The number of carbonyl (C=O) groups excluding carboxylic acids is 3. The minimum atomic E-state index is -0.705. The second-order valence-electron chi connectivity index (χ2n) is 7.92. The van der Waals surface area contributed by atoms with Crippen LogP contribution in [-0.4, -0.2) is 44.3 Å². The summed E-state index contributed by atoms with van der Waals surface area (Å²) in [4.78, 5) is 38.0. The molecule has 8 nitrogen and oxygen atoms in total. The maximum absolute atomic E-state index is 12.6. The molecule has 0 atom stereocenters. The van der Waals surface area contributed by atoms with Crippen LogP contribution in [0.2, 0.25) is 0 Å². The van der Waals surface area contributed by atoms with Gasteiger partial charge in [0.1, 0.15) is 15.5 Å². The summed E-state index contributed by atoms with van der Waals surface area (Å²) in [5.41, 5.74) is 0.538. The maximum Gasteiger partial charge on any atom is 0.349 e. The van der Waals surface area contributed by atoms with E-state index in [4.69, 9.17) is 18.9 Å². The first-order valence-electron chi connectivity index (χ1n) is 10.3. The lowest BCUT2D eigenvalue weighted by atomic mass is 10.1. The summed E-state index contributed by atoms with van der Waals surface area (Å²) < 4.78 is 21.0. The van der Waals surface area contributed by atoms with Crippen LogP contribution in [0.4, 0.5) is 5.00 Å². The molecule has 0 radical (unpaired) electrons. The second kappa shape index (κ2) is 11.0. The third kappa shape index (κ3) is 6.82. The van der Waals surface area contributed by atoms with Crippen LogP contribution in [0.1, 0.15) is 58.9 Å². The van der Waals surface area contributed by atoms with Crippen LogP contribution in [0, 0.1) is 6.92 Å². The fourth-order valence-corrected chi connectivity index (χ4v) is 3.93. The number of carbonyl (C=O) groups is 3. The van der Waals surface area contributed by atoms with Crippen molar-refractivity contribution in [2.75, 3.05) is 26.1 Å². The van der Waals surface area contributed by atoms with Crippen LogP contribution < -0.4 is 14.8 Å². The van der Waals surface area contributed by atoms with E-state index in [9.17, 15) is 14.4 Å². The molecule has 178 valence electrons. The fourth-order valence-electron chi connectivity index (χ4n) is 2.85. The third-order valence-corrected chi connectivity index (χ3v) is 5.47. The molecule has 0 aliphatic carbocycles. The van der Waals surface area contributed by atoms with Crippen molar-refractivity contribution in [1.29, 1.82) is 0 Å². The molecule has 0 spiro atoms. The van der Waals surface area contributed by atoms with E-state index >= 15 is 0 Å². The standard InChI is InChI=1S/C24H29NO7S/c1-8-31-22(27)19-14(2)20(23(28)32-24(3,4)5)33-21(19)25-18(26)12-10-15-9-11-16(29-6)17(13-15)30-7/h9-13H,8H2,1-7H3,(H,25,26). The van der Waals surface area contributed by atoms with E-state index in [0.29, 0.717) is 22.6 Å². The van der Waals surface area contributed by atoms with Gasteiger partial charge < -0.3 is 24.3 Å². The molecule has 33 heavy (non-hydrogen) atoms. The Bertz CT molecular complexity index is 1060. The quantitative estimate of drug-likeness (QED) is 0.430. The highest BCUT2D eigenvalue weighted by Crippen LogP contribution is 2.35.